The van der Waals surface area contributed by atoms with Gasteiger partial charge in [0.25, 0.3) is 0 Å². The third-order valence-corrected chi connectivity index (χ3v) is 4.54. The van der Waals surface area contributed by atoms with Crippen LogP contribution in [0.5, 0.6) is 11.5 Å². The van der Waals surface area contributed by atoms with E-state index >= 15 is 0 Å². The van der Waals surface area contributed by atoms with E-state index in [1.807, 2.05) is 43.3 Å². The zero-order valence-electron chi connectivity index (χ0n) is 17.0. The lowest BCUT2D eigenvalue weighted by atomic mass is 10.1. The molecule has 0 aromatic heterocycles. The van der Waals surface area contributed by atoms with Crippen molar-refractivity contribution in [1.82, 2.24) is 5.32 Å². The van der Waals surface area contributed by atoms with Crippen molar-refractivity contribution in [2.75, 3.05) is 25.7 Å². The summed E-state index contributed by atoms with van der Waals surface area (Å²) in [5, 5.41) is 2.89. The number of ether oxygens (including phenoxy) is 2. The molecule has 2 rings (SSSR count). The van der Waals surface area contributed by atoms with E-state index in [9.17, 15) is 9.59 Å². The highest BCUT2D eigenvalue weighted by Crippen LogP contribution is 2.27. The Bertz CT molecular complexity index is 820. The molecular weight excluding hydrogens is 356 g/mol. The maximum atomic E-state index is 12.3. The number of amides is 2. The Hall–Kier alpha value is -3.02. The Morgan fingerprint density at radius 1 is 1.04 bits per heavy atom. The number of para-hydroxylation sites is 1. The second-order valence-electron chi connectivity index (χ2n) is 6.37. The van der Waals surface area contributed by atoms with E-state index in [4.69, 9.17) is 9.47 Å². The van der Waals surface area contributed by atoms with Crippen LogP contribution in [0.15, 0.2) is 42.5 Å². The van der Waals surface area contributed by atoms with Crippen molar-refractivity contribution in [2.45, 2.75) is 33.2 Å². The molecule has 0 aliphatic carbocycles. The van der Waals surface area contributed by atoms with E-state index in [1.165, 1.54) is 6.92 Å². The van der Waals surface area contributed by atoms with Crippen molar-refractivity contribution in [1.29, 1.82) is 0 Å². The minimum atomic E-state index is -0.116. The van der Waals surface area contributed by atoms with Crippen LogP contribution >= 0.6 is 0 Å². The van der Waals surface area contributed by atoms with Gasteiger partial charge in [0, 0.05) is 32.1 Å². The summed E-state index contributed by atoms with van der Waals surface area (Å²) >= 11 is 0. The lowest BCUT2D eigenvalue weighted by molar-refractivity contribution is -0.121. The second kappa shape index (κ2) is 10.3. The van der Waals surface area contributed by atoms with Crippen LogP contribution in [-0.4, -0.2) is 32.6 Å². The van der Waals surface area contributed by atoms with Crippen LogP contribution in [0.1, 0.15) is 31.4 Å². The van der Waals surface area contributed by atoms with Gasteiger partial charge in [-0.3, -0.25) is 9.59 Å². The van der Waals surface area contributed by atoms with Gasteiger partial charge in [0.2, 0.25) is 11.8 Å². The first-order valence-electron chi connectivity index (χ1n) is 9.33. The van der Waals surface area contributed by atoms with Crippen LogP contribution in [0.25, 0.3) is 0 Å². The summed E-state index contributed by atoms with van der Waals surface area (Å²) in [5.74, 6) is 1.07. The molecule has 0 aliphatic heterocycles. The fourth-order valence-corrected chi connectivity index (χ4v) is 3.01. The molecule has 0 saturated carbocycles. The van der Waals surface area contributed by atoms with Crippen LogP contribution in [0, 0.1) is 0 Å². The highest BCUT2D eigenvalue weighted by atomic mass is 16.5. The molecule has 28 heavy (non-hydrogen) atoms. The molecule has 0 aliphatic rings. The maximum absolute atomic E-state index is 12.3. The first-order valence-corrected chi connectivity index (χ1v) is 9.33. The molecule has 2 aromatic carbocycles. The van der Waals surface area contributed by atoms with Crippen LogP contribution < -0.4 is 19.7 Å². The van der Waals surface area contributed by atoms with E-state index in [2.05, 4.69) is 5.32 Å². The van der Waals surface area contributed by atoms with Crippen molar-refractivity contribution in [3.63, 3.8) is 0 Å². The number of hydrogen-bond donors (Lipinski definition) is 1. The summed E-state index contributed by atoms with van der Waals surface area (Å²) < 4.78 is 10.5. The normalized spacial score (nSPS) is 10.3. The Labute approximate surface area is 166 Å². The first kappa shape index (κ1) is 21.3. The third kappa shape index (κ3) is 5.49. The molecule has 0 heterocycles. The van der Waals surface area contributed by atoms with E-state index in [0.717, 1.165) is 23.2 Å². The number of aryl methyl sites for hydroxylation is 1. The average molecular weight is 384 g/mol. The number of rotatable bonds is 9. The SMILES string of the molecule is CCc1ccccc1N(CCC(=O)NCc1ccc(OC)c(OC)c1)C(C)=O. The van der Waals surface area contributed by atoms with Crippen molar-refractivity contribution < 1.29 is 19.1 Å². The smallest absolute Gasteiger partial charge is 0.223 e. The van der Waals surface area contributed by atoms with Crippen molar-refractivity contribution in [2.24, 2.45) is 0 Å². The van der Waals surface area contributed by atoms with Crippen molar-refractivity contribution in [3.05, 3.63) is 53.6 Å². The Morgan fingerprint density at radius 2 is 1.75 bits per heavy atom. The zero-order valence-corrected chi connectivity index (χ0v) is 17.0. The van der Waals surface area contributed by atoms with Crippen molar-refractivity contribution >= 4 is 17.5 Å². The number of nitrogens with one attached hydrogen (secondary N) is 1. The molecule has 0 saturated heterocycles. The molecule has 0 spiro atoms. The van der Waals surface area contributed by atoms with E-state index in [-0.39, 0.29) is 18.2 Å². The zero-order chi connectivity index (χ0) is 20.5. The Morgan fingerprint density at radius 3 is 2.39 bits per heavy atom. The van der Waals surface area contributed by atoms with Crippen LogP contribution in [-0.2, 0) is 22.6 Å². The topological polar surface area (TPSA) is 67.9 Å². The summed E-state index contributed by atoms with van der Waals surface area (Å²) in [5.41, 5.74) is 2.86. The number of methoxy groups -OCH3 is 2. The fourth-order valence-electron chi connectivity index (χ4n) is 3.01. The van der Waals surface area contributed by atoms with Gasteiger partial charge in [-0.1, -0.05) is 31.2 Å². The minimum absolute atomic E-state index is 0.0754. The van der Waals surface area contributed by atoms with E-state index in [1.54, 1.807) is 25.2 Å². The average Bonchev–Trinajstić information content (AvgIpc) is 2.72. The number of carbonyl (C=O) groups excluding carboxylic acids is 2. The van der Waals surface area contributed by atoms with Gasteiger partial charge in [-0.2, -0.15) is 0 Å². The second-order valence-corrected chi connectivity index (χ2v) is 6.37. The molecule has 0 atom stereocenters. The number of carbonyl (C=O) groups is 2. The summed E-state index contributed by atoms with van der Waals surface area (Å²) in [6.07, 6.45) is 1.05. The number of anilines is 1. The van der Waals surface area contributed by atoms with Gasteiger partial charge in [-0.05, 0) is 35.7 Å². The summed E-state index contributed by atoms with van der Waals surface area (Å²) in [4.78, 5) is 26.1. The molecule has 6 heteroatoms. The molecule has 6 nitrogen and oxygen atoms in total. The first-order chi connectivity index (χ1) is 13.5. The third-order valence-electron chi connectivity index (χ3n) is 4.54. The molecule has 0 fully saturated rings. The minimum Gasteiger partial charge on any atom is -0.493 e. The van der Waals surface area contributed by atoms with Gasteiger partial charge in [0.05, 0.1) is 14.2 Å². The molecule has 2 amide bonds. The van der Waals surface area contributed by atoms with Gasteiger partial charge in [0.1, 0.15) is 0 Å². The quantitative estimate of drug-likeness (QED) is 0.720. The lowest BCUT2D eigenvalue weighted by Crippen LogP contribution is -2.34. The highest BCUT2D eigenvalue weighted by Gasteiger charge is 2.16. The van der Waals surface area contributed by atoms with Crippen molar-refractivity contribution in [3.8, 4) is 11.5 Å². The summed E-state index contributed by atoms with van der Waals surface area (Å²) in [6.45, 7) is 4.29. The van der Waals surface area contributed by atoms with Crippen LogP contribution in [0.3, 0.4) is 0 Å². The van der Waals surface area contributed by atoms with Gasteiger partial charge in [-0.15, -0.1) is 0 Å². The molecule has 2 aromatic rings. The van der Waals surface area contributed by atoms with E-state index in [0.29, 0.717) is 24.6 Å². The standard InChI is InChI=1S/C22H28N2O4/c1-5-18-8-6-7-9-19(18)24(16(2)25)13-12-22(26)23-15-17-10-11-20(27-3)21(14-17)28-4/h6-11,14H,5,12-13,15H2,1-4H3,(H,23,26). The van der Waals surface area contributed by atoms with Gasteiger partial charge in [0.15, 0.2) is 11.5 Å². The molecule has 0 bridgehead atoms. The molecule has 0 unspecified atom stereocenters. The number of nitrogens with zero attached hydrogens (tertiary/aromatic N) is 1. The van der Waals surface area contributed by atoms with Gasteiger partial charge in [-0.25, -0.2) is 0 Å². The number of hydrogen-bond acceptors (Lipinski definition) is 4. The molecule has 1 N–H and O–H groups in total. The predicted molar refractivity (Wildman–Crippen MR) is 110 cm³/mol. The lowest BCUT2D eigenvalue weighted by Gasteiger charge is -2.23. The van der Waals surface area contributed by atoms with Crippen LogP contribution in [0.2, 0.25) is 0 Å². The summed E-state index contributed by atoms with van der Waals surface area (Å²) in [7, 11) is 3.15. The van der Waals surface area contributed by atoms with Crippen LogP contribution in [0.4, 0.5) is 5.69 Å². The Balaban J connectivity index is 1.96. The van der Waals surface area contributed by atoms with Gasteiger partial charge < -0.3 is 19.7 Å². The molecular formula is C22H28N2O4. The monoisotopic (exact) mass is 384 g/mol. The Kier molecular flexibility index (Phi) is 7.87. The summed E-state index contributed by atoms with van der Waals surface area (Å²) in [6, 6.07) is 13.3. The largest absolute Gasteiger partial charge is 0.493 e. The fraction of sp³-hybridized carbons (Fsp3) is 0.364. The maximum Gasteiger partial charge on any atom is 0.223 e. The highest BCUT2D eigenvalue weighted by molar-refractivity contribution is 5.93. The number of benzene rings is 2. The predicted octanol–water partition coefficient (Wildman–Crippen LogP) is 3.33. The molecule has 150 valence electrons. The van der Waals surface area contributed by atoms with Gasteiger partial charge >= 0.3 is 0 Å². The molecule has 0 radical (unpaired) electrons. The van der Waals surface area contributed by atoms with E-state index < -0.39 is 0 Å².